The van der Waals surface area contributed by atoms with Crippen molar-refractivity contribution in [1.82, 2.24) is 5.32 Å². The molecule has 3 unspecified atom stereocenters. The van der Waals surface area contributed by atoms with Crippen LogP contribution >= 0.6 is 0 Å². The first-order valence-electron chi connectivity index (χ1n) is 7.68. The average molecular weight is 253 g/mol. The summed E-state index contributed by atoms with van der Waals surface area (Å²) in [5, 5.41) is 3.76. The van der Waals surface area contributed by atoms with Gasteiger partial charge in [0.15, 0.2) is 0 Å². The summed E-state index contributed by atoms with van der Waals surface area (Å²) in [5.74, 6) is 2.08. The number of nitrogens with one attached hydrogen (secondary N) is 1. The fraction of sp³-hybridized carbons (Fsp3) is 1.00. The van der Waals surface area contributed by atoms with E-state index >= 15 is 0 Å². The topological polar surface area (TPSA) is 30.5 Å². The van der Waals surface area contributed by atoms with Crippen LogP contribution in [0.3, 0.4) is 0 Å². The molecule has 0 spiro atoms. The van der Waals surface area contributed by atoms with E-state index in [1.807, 2.05) is 7.11 Å². The minimum atomic E-state index is -0.0491. The van der Waals surface area contributed by atoms with Gasteiger partial charge in [-0.3, -0.25) is 0 Å². The molecule has 1 N–H and O–H groups in total. The lowest BCUT2D eigenvalue weighted by molar-refractivity contribution is -0.0187. The van der Waals surface area contributed by atoms with Gasteiger partial charge in [-0.25, -0.2) is 0 Å². The summed E-state index contributed by atoms with van der Waals surface area (Å²) in [4.78, 5) is 0. The van der Waals surface area contributed by atoms with Crippen molar-refractivity contribution < 1.29 is 9.47 Å². The molecule has 2 saturated carbocycles. The Labute approximate surface area is 111 Å². The highest BCUT2D eigenvalue weighted by atomic mass is 16.5. The van der Waals surface area contributed by atoms with Crippen LogP contribution in [0.5, 0.6) is 0 Å². The van der Waals surface area contributed by atoms with Gasteiger partial charge in [-0.15, -0.1) is 0 Å². The molecule has 3 aliphatic rings. The van der Waals surface area contributed by atoms with E-state index in [9.17, 15) is 0 Å². The van der Waals surface area contributed by atoms with Crippen LogP contribution in [0.15, 0.2) is 0 Å². The summed E-state index contributed by atoms with van der Waals surface area (Å²) >= 11 is 0. The molecule has 3 heteroatoms. The van der Waals surface area contributed by atoms with E-state index in [1.165, 1.54) is 38.5 Å². The molecule has 0 aromatic rings. The summed E-state index contributed by atoms with van der Waals surface area (Å²) < 4.78 is 11.2. The predicted octanol–water partition coefficient (Wildman–Crippen LogP) is 2.35. The van der Waals surface area contributed by atoms with E-state index in [0.29, 0.717) is 0 Å². The fourth-order valence-electron chi connectivity index (χ4n) is 3.70. The zero-order valence-electron chi connectivity index (χ0n) is 11.6. The average Bonchev–Trinajstić information content (AvgIpc) is 3.17. The van der Waals surface area contributed by atoms with Gasteiger partial charge >= 0.3 is 0 Å². The molecule has 18 heavy (non-hydrogen) atoms. The minimum Gasteiger partial charge on any atom is -0.378 e. The summed E-state index contributed by atoms with van der Waals surface area (Å²) in [6, 6.07) is 0.719. The van der Waals surface area contributed by atoms with Crippen molar-refractivity contribution in [1.29, 1.82) is 0 Å². The van der Waals surface area contributed by atoms with Crippen LogP contribution in [0, 0.1) is 11.8 Å². The first-order valence-corrected chi connectivity index (χ1v) is 7.68. The number of rotatable bonds is 5. The van der Waals surface area contributed by atoms with Crippen LogP contribution in [0.4, 0.5) is 0 Å². The summed E-state index contributed by atoms with van der Waals surface area (Å²) in [6.45, 7) is 2.58. The Hall–Kier alpha value is -0.120. The van der Waals surface area contributed by atoms with Crippen molar-refractivity contribution in [3.8, 4) is 0 Å². The van der Waals surface area contributed by atoms with Crippen LogP contribution in [-0.2, 0) is 9.47 Å². The maximum Gasteiger partial charge on any atom is 0.106 e. The molecular formula is C15H27NO2. The molecule has 0 radical (unpaired) electrons. The van der Waals surface area contributed by atoms with Gasteiger partial charge in [0.05, 0.1) is 6.61 Å². The Morgan fingerprint density at radius 2 is 2.11 bits per heavy atom. The Kier molecular flexibility index (Phi) is 3.92. The number of hydrogen-bond donors (Lipinski definition) is 1. The van der Waals surface area contributed by atoms with E-state index < -0.39 is 0 Å². The predicted molar refractivity (Wildman–Crippen MR) is 71.6 cm³/mol. The Morgan fingerprint density at radius 1 is 1.22 bits per heavy atom. The lowest BCUT2D eigenvalue weighted by Crippen LogP contribution is -2.47. The first-order chi connectivity index (χ1) is 8.81. The Bertz CT molecular complexity index is 272. The highest BCUT2D eigenvalue weighted by Gasteiger charge is 2.37. The standard InChI is InChI=1S/C15H27NO2/c1-17-15(7-8-18-11-15)10-16-14-4-2-3-13(9-14)12-5-6-12/h12-14,16H,2-11H2,1H3. The third-order valence-electron chi connectivity index (χ3n) is 5.22. The van der Waals surface area contributed by atoms with Gasteiger partial charge in [0.2, 0.25) is 0 Å². The van der Waals surface area contributed by atoms with Crippen LogP contribution in [-0.4, -0.2) is 38.5 Å². The largest absolute Gasteiger partial charge is 0.378 e. The van der Waals surface area contributed by atoms with Gasteiger partial charge in [0.25, 0.3) is 0 Å². The highest BCUT2D eigenvalue weighted by molar-refractivity contribution is 4.91. The van der Waals surface area contributed by atoms with Crippen LogP contribution in [0.25, 0.3) is 0 Å². The van der Waals surface area contributed by atoms with E-state index in [0.717, 1.165) is 44.1 Å². The molecule has 3 nitrogen and oxygen atoms in total. The summed E-state index contributed by atoms with van der Waals surface area (Å²) in [6.07, 6.45) is 9.65. The fourth-order valence-corrected chi connectivity index (χ4v) is 3.70. The van der Waals surface area contributed by atoms with Gasteiger partial charge in [-0.05, 0) is 37.5 Å². The van der Waals surface area contributed by atoms with Crippen molar-refractivity contribution >= 4 is 0 Å². The molecule has 2 aliphatic carbocycles. The molecule has 0 amide bonds. The Morgan fingerprint density at radius 3 is 2.78 bits per heavy atom. The van der Waals surface area contributed by atoms with E-state index in [1.54, 1.807) is 0 Å². The van der Waals surface area contributed by atoms with E-state index in [2.05, 4.69) is 5.32 Å². The lowest BCUT2D eigenvalue weighted by atomic mass is 9.82. The Balaban J connectivity index is 1.46. The van der Waals surface area contributed by atoms with E-state index in [-0.39, 0.29) is 5.60 Å². The van der Waals surface area contributed by atoms with Crippen molar-refractivity contribution in [2.45, 2.75) is 56.6 Å². The molecule has 3 atom stereocenters. The third kappa shape index (κ3) is 2.89. The van der Waals surface area contributed by atoms with Crippen molar-refractivity contribution in [2.24, 2.45) is 11.8 Å². The lowest BCUT2D eigenvalue weighted by Gasteiger charge is -2.33. The molecule has 3 rings (SSSR count). The van der Waals surface area contributed by atoms with Crippen LogP contribution in [0.1, 0.15) is 44.9 Å². The second-order valence-corrected chi connectivity index (χ2v) is 6.53. The van der Waals surface area contributed by atoms with Gasteiger partial charge < -0.3 is 14.8 Å². The molecule has 0 bridgehead atoms. The van der Waals surface area contributed by atoms with Crippen LogP contribution < -0.4 is 5.32 Å². The van der Waals surface area contributed by atoms with Crippen molar-refractivity contribution in [3.05, 3.63) is 0 Å². The molecular weight excluding hydrogens is 226 g/mol. The molecule has 0 aromatic heterocycles. The first kappa shape index (κ1) is 12.9. The number of ether oxygens (including phenoxy) is 2. The summed E-state index contributed by atoms with van der Waals surface area (Å²) in [7, 11) is 1.82. The SMILES string of the molecule is COC1(CNC2CCCC(C3CC3)C2)CCOC1. The second-order valence-electron chi connectivity index (χ2n) is 6.53. The van der Waals surface area contributed by atoms with Gasteiger partial charge in [0, 0.05) is 32.7 Å². The van der Waals surface area contributed by atoms with Crippen molar-refractivity contribution in [3.63, 3.8) is 0 Å². The minimum absolute atomic E-state index is 0.0491. The van der Waals surface area contributed by atoms with Gasteiger partial charge in [0.1, 0.15) is 5.60 Å². The molecule has 0 aromatic carbocycles. The normalized spacial score (nSPS) is 41.2. The highest BCUT2D eigenvalue weighted by Crippen LogP contribution is 2.43. The van der Waals surface area contributed by atoms with Crippen LogP contribution in [0.2, 0.25) is 0 Å². The molecule has 1 heterocycles. The molecule has 1 aliphatic heterocycles. The van der Waals surface area contributed by atoms with Crippen molar-refractivity contribution in [2.75, 3.05) is 26.9 Å². The number of methoxy groups -OCH3 is 1. The molecule has 104 valence electrons. The number of hydrogen-bond acceptors (Lipinski definition) is 3. The maximum absolute atomic E-state index is 5.69. The van der Waals surface area contributed by atoms with E-state index in [4.69, 9.17) is 9.47 Å². The summed E-state index contributed by atoms with van der Waals surface area (Å²) in [5.41, 5.74) is -0.0491. The van der Waals surface area contributed by atoms with Gasteiger partial charge in [-0.2, -0.15) is 0 Å². The molecule has 3 fully saturated rings. The van der Waals surface area contributed by atoms with Gasteiger partial charge in [-0.1, -0.05) is 12.8 Å². The monoisotopic (exact) mass is 253 g/mol. The molecule has 1 saturated heterocycles. The smallest absolute Gasteiger partial charge is 0.106 e. The third-order valence-corrected chi connectivity index (χ3v) is 5.22. The zero-order valence-corrected chi connectivity index (χ0v) is 11.6. The zero-order chi connectivity index (χ0) is 12.4. The quantitative estimate of drug-likeness (QED) is 0.816. The second kappa shape index (κ2) is 5.48. The maximum atomic E-state index is 5.69.